The molecule has 0 radical (unpaired) electrons. The van der Waals surface area contributed by atoms with Crippen molar-refractivity contribution in [3.05, 3.63) is 118 Å². The number of hydrogen-bond donors (Lipinski definition) is 1. The number of carboxylic acid groups (broad SMARTS) is 1. The first-order valence-corrected chi connectivity index (χ1v) is 11.3. The van der Waals surface area contributed by atoms with E-state index in [1.807, 2.05) is 60.7 Å². The molecule has 1 aromatic heterocycles. The molecule has 0 aliphatic rings. The lowest BCUT2D eigenvalue weighted by Crippen LogP contribution is -2.11. The summed E-state index contributed by atoms with van der Waals surface area (Å²) >= 11 is 0. The smallest absolute Gasteiger partial charge is 0.336 e. The van der Waals surface area contributed by atoms with Crippen LogP contribution in [-0.2, 0) is 6.61 Å². The van der Waals surface area contributed by atoms with E-state index >= 15 is 0 Å². The molecule has 0 fully saturated rings. The summed E-state index contributed by atoms with van der Waals surface area (Å²) in [7, 11) is 1.46. The first kappa shape index (κ1) is 22.9. The van der Waals surface area contributed by atoms with Crippen LogP contribution in [0, 0.1) is 0 Å². The van der Waals surface area contributed by atoms with Gasteiger partial charge in [0.25, 0.3) is 0 Å². The van der Waals surface area contributed by atoms with Crippen LogP contribution in [0.1, 0.15) is 15.9 Å². The SMILES string of the molecule is COc1cc(-c2ccccc2C(=O)O)cc2oc(-c3ccccc3)c(OCc3ccccc3)c(=O)c12. The predicted octanol–water partition coefficient (Wildman–Crippen LogP) is 6.41. The zero-order chi connectivity index (χ0) is 25.1. The highest BCUT2D eigenvalue weighted by Crippen LogP contribution is 2.37. The number of benzene rings is 4. The molecule has 1 heterocycles. The van der Waals surface area contributed by atoms with Gasteiger partial charge >= 0.3 is 5.97 Å². The van der Waals surface area contributed by atoms with Gasteiger partial charge in [-0.25, -0.2) is 4.79 Å². The van der Waals surface area contributed by atoms with Crippen molar-refractivity contribution in [2.24, 2.45) is 0 Å². The van der Waals surface area contributed by atoms with Gasteiger partial charge in [0.05, 0.1) is 12.7 Å². The molecule has 0 bridgehead atoms. The Hall–Kier alpha value is -4.84. The van der Waals surface area contributed by atoms with E-state index in [-0.39, 0.29) is 45.8 Å². The van der Waals surface area contributed by atoms with E-state index in [0.717, 1.165) is 5.56 Å². The first-order valence-electron chi connectivity index (χ1n) is 11.3. The quantitative estimate of drug-likeness (QED) is 0.291. The van der Waals surface area contributed by atoms with Crippen LogP contribution in [0.3, 0.4) is 0 Å². The minimum absolute atomic E-state index is 0.0783. The third-order valence-corrected chi connectivity index (χ3v) is 5.87. The molecule has 4 aromatic carbocycles. The number of aromatic carboxylic acids is 1. The fourth-order valence-electron chi connectivity index (χ4n) is 4.15. The molecule has 6 heteroatoms. The van der Waals surface area contributed by atoms with Crippen molar-refractivity contribution in [1.82, 2.24) is 0 Å². The second-order valence-electron chi connectivity index (χ2n) is 8.13. The van der Waals surface area contributed by atoms with Crippen LogP contribution in [0.2, 0.25) is 0 Å². The number of hydrogen-bond acceptors (Lipinski definition) is 5. The van der Waals surface area contributed by atoms with Crippen LogP contribution in [0.4, 0.5) is 0 Å². The Kier molecular flexibility index (Phi) is 6.24. The lowest BCUT2D eigenvalue weighted by molar-refractivity contribution is 0.0697. The Morgan fingerprint density at radius 2 is 1.53 bits per heavy atom. The molecule has 36 heavy (non-hydrogen) atoms. The molecule has 6 nitrogen and oxygen atoms in total. The van der Waals surface area contributed by atoms with Crippen molar-refractivity contribution in [2.75, 3.05) is 7.11 Å². The van der Waals surface area contributed by atoms with Crippen LogP contribution in [0.15, 0.2) is 106 Å². The summed E-state index contributed by atoms with van der Waals surface area (Å²) in [5.74, 6) is -0.425. The molecule has 5 aromatic rings. The average Bonchev–Trinajstić information content (AvgIpc) is 2.92. The van der Waals surface area contributed by atoms with Gasteiger partial charge in [-0.1, -0.05) is 78.9 Å². The normalized spacial score (nSPS) is 10.8. The molecule has 0 unspecified atom stereocenters. The minimum atomic E-state index is -1.05. The van der Waals surface area contributed by atoms with Gasteiger partial charge in [0.1, 0.15) is 23.3 Å². The zero-order valence-electron chi connectivity index (χ0n) is 19.4. The van der Waals surface area contributed by atoms with E-state index in [2.05, 4.69) is 0 Å². The maximum Gasteiger partial charge on any atom is 0.336 e. The fraction of sp³-hybridized carbons (Fsp3) is 0.0667. The molecule has 0 aliphatic carbocycles. The van der Waals surface area contributed by atoms with Crippen LogP contribution in [0.5, 0.6) is 11.5 Å². The van der Waals surface area contributed by atoms with Gasteiger partial charge in [-0.15, -0.1) is 0 Å². The number of fused-ring (bicyclic) bond motifs is 1. The molecule has 0 amide bonds. The number of carboxylic acids is 1. The minimum Gasteiger partial charge on any atom is -0.496 e. The molecule has 0 spiro atoms. The molecule has 0 aliphatic heterocycles. The summed E-state index contributed by atoms with van der Waals surface area (Å²) < 4.78 is 17.9. The second kappa shape index (κ2) is 9.80. The molecule has 0 saturated carbocycles. The number of carbonyl (C=O) groups is 1. The van der Waals surface area contributed by atoms with Crippen LogP contribution in [-0.4, -0.2) is 18.2 Å². The topological polar surface area (TPSA) is 86.0 Å². The largest absolute Gasteiger partial charge is 0.496 e. The summed E-state index contributed by atoms with van der Waals surface area (Å²) in [4.78, 5) is 25.6. The van der Waals surface area contributed by atoms with Gasteiger partial charge in [0.15, 0.2) is 5.76 Å². The zero-order valence-corrected chi connectivity index (χ0v) is 19.4. The maximum absolute atomic E-state index is 13.8. The molecular formula is C30H22O6. The van der Waals surface area contributed by atoms with Crippen molar-refractivity contribution < 1.29 is 23.8 Å². The van der Waals surface area contributed by atoms with Crippen LogP contribution < -0.4 is 14.9 Å². The van der Waals surface area contributed by atoms with Crippen LogP contribution >= 0.6 is 0 Å². The number of methoxy groups -OCH3 is 1. The monoisotopic (exact) mass is 478 g/mol. The Labute approximate surface area is 207 Å². The molecule has 178 valence electrons. The van der Waals surface area contributed by atoms with Crippen molar-refractivity contribution >= 4 is 16.9 Å². The summed E-state index contributed by atoms with van der Waals surface area (Å²) in [6.45, 7) is 0.184. The average molecular weight is 479 g/mol. The summed E-state index contributed by atoms with van der Waals surface area (Å²) in [5, 5.41) is 9.89. The molecule has 0 atom stereocenters. The number of ether oxygens (including phenoxy) is 2. The second-order valence-corrected chi connectivity index (χ2v) is 8.13. The van der Waals surface area contributed by atoms with Crippen molar-refractivity contribution in [3.63, 3.8) is 0 Å². The van der Waals surface area contributed by atoms with Gasteiger partial charge in [-0.2, -0.15) is 0 Å². The third kappa shape index (κ3) is 4.32. The van der Waals surface area contributed by atoms with E-state index in [4.69, 9.17) is 13.9 Å². The van der Waals surface area contributed by atoms with Gasteiger partial charge in [-0.3, -0.25) is 4.79 Å². The fourth-order valence-corrected chi connectivity index (χ4v) is 4.15. The van der Waals surface area contributed by atoms with Crippen molar-refractivity contribution in [2.45, 2.75) is 6.61 Å². The molecule has 0 saturated heterocycles. The molecular weight excluding hydrogens is 456 g/mol. The van der Waals surface area contributed by atoms with E-state index in [0.29, 0.717) is 16.7 Å². The van der Waals surface area contributed by atoms with E-state index in [9.17, 15) is 14.7 Å². The Balaban J connectivity index is 1.74. The van der Waals surface area contributed by atoms with Gasteiger partial charge in [-0.05, 0) is 34.9 Å². The Morgan fingerprint density at radius 1 is 0.861 bits per heavy atom. The van der Waals surface area contributed by atoms with Gasteiger partial charge in [0.2, 0.25) is 11.2 Å². The van der Waals surface area contributed by atoms with Crippen LogP contribution in [0.25, 0.3) is 33.4 Å². The predicted molar refractivity (Wildman–Crippen MR) is 138 cm³/mol. The first-order chi connectivity index (χ1) is 17.6. The number of rotatable bonds is 7. The lowest BCUT2D eigenvalue weighted by Gasteiger charge is -2.15. The highest BCUT2D eigenvalue weighted by molar-refractivity contribution is 5.98. The van der Waals surface area contributed by atoms with Gasteiger partial charge in [0, 0.05) is 5.56 Å². The summed E-state index contributed by atoms with van der Waals surface area (Å²) in [6, 6.07) is 28.7. The Bertz CT molecular complexity index is 1600. The van der Waals surface area contributed by atoms with E-state index in [1.165, 1.54) is 13.2 Å². The lowest BCUT2D eigenvalue weighted by atomic mass is 9.98. The summed E-state index contributed by atoms with van der Waals surface area (Å²) in [6.07, 6.45) is 0. The third-order valence-electron chi connectivity index (χ3n) is 5.87. The highest BCUT2D eigenvalue weighted by atomic mass is 16.5. The van der Waals surface area contributed by atoms with E-state index in [1.54, 1.807) is 30.3 Å². The van der Waals surface area contributed by atoms with Crippen molar-refractivity contribution in [1.29, 1.82) is 0 Å². The van der Waals surface area contributed by atoms with Gasteiger partial charge < -0.3 is 19.0 Å². The molecule has 1 N–H and O–H groups in total. The summed E-state index contributed by atoms with van der Waals surface area (Å²) in [5.41, 5.74) is 2.64. The maximum atomic E-state index is 13.8. The van der Waals surface area contributed by atoms with Crippen molar-refractivity contribution in [3.8, 4) is 33.9 Å². The molecule has 5 rings (SSSR count). The standard InChI is InChI=1S/C30H22O6/c1-34-24-16-21(22-14-8-9-15-23(22)30(32)33)17-25-26(24)27(31)29(35-18-19-10-4-2-5-11-19)28(36-25)20-12-6-3-7-13-20/h2-17H,18H2,1H3,(H,32,33). The highest BCUT2D eigenvalue weighted by Gasteiger charge is 2.22. The Morgan fingerprint density at radius 3 is 2.22 bits per heavy atom. The van der Waals surface area contributed by atoms with E-state index < -0.39 is 5.97 Å².